The Labute approximate surface area is 262 Å². The average Bonchev–Trinajstić information content (AvgIpc) is 3.01. The number of carbonyl (C=O) groups excluding carboxylic acids is 4. The summed E-state index contributed by atoms with van der Waals surface area (Å²) < 4.78 is 26.7. The minimum atomic E-state index is -0.567. The summed E-state index contributed by atoms with van der Waals surface area (Å²) in [6, 6.07) is 19.7. The largest absolute Gasteiger partial charge is 0.493 e. The normalized spacial score (nSPS) is 10.3. The van der Waals surface area contributed by atoms with Crippen LogP contribution in [0.1, 0.15) is 33.6 Å². The second kappa shape index (κ2) is 16.4. The van der Waals surface area contributed by atoms with Crippen LogP contribution in [0.5, 0.6) is 17.2 Å². The van der Waals surface area contributed by atoms with Crippen LogP contribution < -0.4 is 14.2 Å². The molecule has 9 heteroatoms. The van der Waals surface area contributed by atoms with Gasteiger partial charge in [0.1, 0.15) is 23.9 Å². The Morgan fingerprint density at radius 2 is 1.02 bits per heavy atom. The quantitative estimate of drug-likeness (QED) is 0.0791. The second-order valence-corrected chi connectivity index (χ2v) is 10.2. The third-order valence-corrected chi connectivity index (χ3v) is 6.10. The van der Waals surface area contributed by atoms with Gasteiger partial charge in [0.15, 0.2) is 0 Å². The number of ether oxygens (including phenoxy) is 5. The molecule has 0 aliphatic carbocycles. The maximum Gasteiger partial charge on any atom is 0.338 e. The molecule has 45 heavy (non-hydrogen) atoms. The van der Waals surface area contributed by atoms with E-state index in [4.69, 9.17) is 23.7 Å². The lowest BCUT2D eigenvalue weighted by atomic mass is 9.98. The van der Waals surface area contributed by atoms with E-state index in [1.807, 2.05) is 30.3 Å². The molecule has 0 bridgehead atoms. The highest BCUT2D eigenvalue weighted by molar-refractivity contribution is 5.89. The molecule has 3 aromatic rings. The van der Waals surface area contributed by atoms with Crippen molar-refractivity contribution in [2.75, 3.05) is 19.8 Å². The molecule has 0 saturated heterocycles. The van der Waals surface area contributed by atoms with Gasteiger partial charge in [0.25, 0.3) is 0 Å². The smallest absolute Gasteiger partial charge is 0.338 e. The lowest BCUT2D eigenvalue weighted by Gasteiger charge is -2.12. The number of hydrogen-bond acceptors (Lipinski definition) is 9. The van der Waals surface area contributed by atoms with Gasteiger partial charge in [-0.15, -0.1) is 0 Å². The van der Waals surface area contributed by atoms with Crippen LogP contribution in [0.2, 0.25) is 0 Å². The standard InChI is InChI=1S/C36H36O9/c1-23(2)34(38)42-18-7-17-41-30-12-8-26(9-13-30)28-20-29(22-32(21-28)45-36(40)25(5)6)27-10-14-31(15-11-27)44-33(37)16-19-43-35(39)24(3)4/h8-15,20-22H,1,3,5,7,16-19H2,2,4,6H3. The fourth-order valence-electron chi connectivity index (χ4n) is 3.71. The third-order valence-electron chi connectivity index (χ3n) is 6.10. The van der Waals surface area contributed by atoms with Gasteiger partial charge in [-0.2, -0.15) is 0 Å². The lowest BCUT2D eigenvalue weighted by molar-refractivity contribution is -0.142. The molecule has 0 radical (unpaired) electrons. The molecule has 0 aromatic heterocycles. The molecule has 0 amide bonds. The van der Waals surface area contributed by atoms with E-state index >= 15 is 0 Å². The molecule has 0 aliphatic heterocycles. The minimum absolute atomic E-state index is 0.102. The molecule has 0 fully saturated rings. The fourth-order valence-corrected chi connectivity index (χ4v) is 3.71. The third kappa shape index (κ3) is 11.0. The SMILES string of the molecule is C=C(C)C(=O)OCCCOc1ccc(-c2cc(OC(=O)C(=C)C)cc(-c3ccc(OC(=O)CCOC(=O)C(=C)C)cc3)c2)cc1. The fraction of sp³-hybridized carbons (Fsp3) is 0.222. The first-order valence-electron chi connectivity index (χ1n) is 14.2. The van der Waals surface area contributed by atoms with Gasteiger partial charge in [0.05, 0.1) is 19.6 Å². The van der Waals surface area contributed by atoms with Crippen LogP contribution in [-0.2, 0) is 28.7 Å². The predicted octanol–water partition coefficient (Wildman–Crippen LogP) is 6.81. The summed E-state index contributed by atoms with van der Waals surface area (Å²) in [6.45, 7) is 15.9. The Morgan fingerprint density at radius 3 is 1.53 bits per heavy atom. The second-order valence-electron chi connectivity index (χ2n) is 10.2. The van der Waals surface area contributed by atoms with Crippen molar-refractivity contribution in [2.24, 2.45) is 0 Å². The Kier molecular flexibility index (Phi) is 12.4. The van der Waals surface area contributed by atoms with E-state index < -0.39 is 23.9 Å². The van der Waals surface area contributed by atoms with E-state index in [1.54, 1.807) is 50.2 Å². The Hall–Kier alpha value is -5.44. The number of carbonyl (C=O) groups is 4. The van der Waals surface area contributed by atoms with E-state index in [9.17, 15) is 19.2 Å². The zero-order chi connectivity index (χ0) is 32.9. The molecule has 3 rings (SSSR count). The molecular weight excluding hydrogens is 576 g/mol. The van der Waals surface area contributed by atoms with Gasteiger partial charge in [-0.05, 0) is 85.5 Å². The summed E-state index contributed by atoms with van der Waals surface area (Å²) >= 11 is 0. The van der Waals surface area contributed by atoms with Gasteiger partial charge in [-0.25, -0.2) is 14.4 Å². The molecule has 234 valence electrons. The molecule has 0 spiro atoms. The van der Waals surface area contributed by atoms with Gasteiger partial charge in [-0.1, -0.05) is 44.0 Å². The van der Waals surface area contributed by atoms with Crippen molar-refractivity contribution in [3.05, 3.63) is 103 Å². The first-order valence-corrected chi connectivity index (χ1v) is 14.2. The van der Waals surface area contributed by atoms with Crippen molar-refractivity contribution in [1.82, 2.24) is 0 Å². The van der Waals surface area contributed by atoms with Gasteiger partial charge >= 0.3 is 23.9 Å². The summed E-state index contributed by atoms with van der Waals surface area (Å²) in [5.41, 5.74) is 4.04. The van der Waals surface area contributed by atoms with E-state index in [-0.39, 0.29) is 30.8 Å². The molecule has 3 aromatic carbocycles. The predicted molar refractivity (Wildman–Crippen MR) is 170 cm³/mol. The van der Waals surface area contributed by atoms with Crippen LogP contribution in [0, 0.1) is 0 Å². The first-order chi connectivity index (χ1) is 21.4. The van der Waals surface area contributed by atoms with Crippen LogP contribution >= 0.6 is 0 Å². The Morgan fingerprint density at radius 1 is 0.533 bits per heavy atom. The number of benzene rings is 3. The van der Waals surface area contributed by atoms with E-state index in [1.165, 1.54) is 6.92 Å². The van der Waals surface area contributed by atoms with Crippen LogP contribution in [0.15, 0.2) is 103 Å². The minimum Gasteiger partial charge on any atom is -0.493 e. The average molecular weight is 613 g/mol. The molecule has 9 nitrogen and oxygen atoms in total. The molecular formula is C36H36O9. The highest BCUT2D eigenvalue weighted by atomic mass is 16.6. The van der Waals surface area contributed by atoms with Crippen LogP contribution in [0.25, 0.3) is 22.3 Å². The van der Waals surface area contributed by atoms with E-state index in [2.05, 4.69) is 19.7 Å². The van der Waals surface area contributed by atoms with Crippen molar-refractivity contribution >= 4 is 23.9 Å². The van der Waals surface area contributed by atoms with E-state index in [0.29, 0.717) is 35.8 Å². The number of hydrogen-bond donors (Lipinski definition) is 0. The molecule has 0 aliphatic rings. The molecule has 0 N–H and O–H groups in total. The highest BCUT2D eigenvalue weighted by Crippen LogP contribution is 2.33. The van der Waals surface area contributed by atoms with Crippen molar-refractivity contribution in [3.8, 4) is 39.5 Å². The zero-order valence-corrected chi connectivity index (χ0v) is 25.7. The monoisotopic (exact) mass is 612 g/mol. The topological polar surface area (TPSA) is 114 Å². The summed E-state index contributed by atoms with van der Waals surface area (Å²) in [5.74, 6) is -0.787. The number of rotatable bonds is 15. The molecule has 0 unspecified atom stereocenters. The molecule has 0 atom stereocenters. The summed E-state index contributed by atoms with van der Waals surface area (Å²) in [6.07, 6.45) is 0.429. The summed E-state index contributed by atoms with van der Waals surface area (Å²) in [5, 5.41) is 0. The van der Waals surface area contributed by atoms with Gasteiger partial charge in [0, 0.05) is 23.1 Å². The van der Waals surface area contributed by atoms with E-state index in [0.717, 1.165) is 22.3 Å². The van der Waals surface area contributed by atoms with Crippen LogP contribution in [-0.4, -0.2) is 43.7 Å². The summed E-state index contributed by atoms with van der Waals surface area (Å²) in [7, 11) is 0. The highest BCUT2D eigenvalue weighted by Gasteiger charge is 2.13. The maximum atomic E-state index is 12.3. The Balaban J connectivity index is 1.72. The van der Waals surface area contributed by atoms with Gasteiger partial charge < -0.3 is 23.7 Å². The first kappa shape index (κ1) is 34.1. The van der Waals surface area contributed by atoms with Gasteiger partial charge in [0.2, 0.25) is 0 Å². The van der Waals surface area contributed by atoms with Crippen molar-refractivity contribution in [2.45, 2.75) is 33.6 Å². The zero-order valence-electron chi connectivity index (χ0n) is 25.7. The maximum absolute atomic E-state index is 12.3. The molecule has 0 heterocycles. The molecule has 0 saturated carbocycles. The van der Waals surface area contributed by atoms with Crippen LogP contribution in [0.4, 0.5) is 0 Å². The van der Waals surface area contributed by atoms with Crippen LogP contribution in [0.3, 0.4) is 0 Å². The van der Waals surface area contributed by atoms with Crippen molar-refractivity contribution in [1.29, 1.82) is 0 Å². The number of esters is 4. The lowest BCUT2D eigenvalue weighted by Crippen LogP contribution is -2.14. The summed E-state index contributed by atoms with van der Waals surface area (Å²) in [4.78, 5) is 47.4. The van der Waals surface area contributed by atoms with Crippen molar-refractivity contribution < 1.29 is 42.9 Å². The van der Waals surface area contributed by atoms with Crippen molar-refractivity contribution in [3.63, 3.8) is 0 Å². The van der Waals surface area contributed by atoms with Gasteiger partial charge in [-0.3, -0.25) is 4.79 Å². The Bertz CT molecular complexity index is 1580.